The Kier molecular flexibility index (Phi) is 5.48. The van der Waals surface area contributed by atoms with Crippen molar-refractivity contribution in [1.29, 1.82) is 0 Å². The monoisotopic (exact) mass is 422 g/mol. The van der Waals surface area contributed by atoms with Gasteiger partial charge < -0.3 is 24.8 Å². The molecule has 160 valence electrons. The van der Waals surface area contributed by atoms with Gasteiger partial charge in [-0.1, -0.05) is 18.2 Å². The van der Waals surface area contributed by atoms with E-state index < -0.39 is 6.04 Å². The topological polar surface area (TPSA) is 104 Å². The largest absolute Gasteiger partial charge is 0.496 e. The van der Waals surface area contributed by atoms with Crippen LogP contribution < -0.4 is 24.8 Å². The van der Waals surface area contributed by atoms with Crippen LogP contribution in [0, 0.1) is 0 Å². The molecule has 0 radical (unpaired) electrons. The lowest BCUT2D eigenvalue weighted by atomic mass is 10.1. The van der Waals surface area contributed by atoms with E-state index in [0.717, 1.165) is 5.56 Å². The molecule has 31 heavy (non-hydrogen) atoms. The maximum atomic E-state index is 13.1. The first kappa shape index (κ1) is 20.3. The van der Waals surface area contributed by atoms with Crippen molar-refractivity contribution in [3.63, 3.8) is 0 Å². The number of hydrogen-bond acceptors (Lipinski definition) is 6. The maximum absolute atomic E-state index is 13.1. The molecule has 4 rings (SSSR count). The molecule has 0 fully saturated rings. The SMILES string of the molecule is COc1ccc(NC(=O)[C@H]2CC(=O)Nc3c(-c4ccccc4OC)cnn32)cc1OC. The number of para-hydroxylation sites is 1. The summed E-state index contributed by atoms with van der Waals surface area (Å²) < 4.78 is 17.5. The minimum Gasteiger partial charge on any atom is -0.496 e. The first-order valence-electron chi connectivity index (χ1n) is 9.59. The molecule has 2 N–H and O–H groups in total. The predicted molar refractivity (Wildman–Crippen MR) is 115 cm³/mol. The lowest BCUT2D eigenvalue weighted by Crippen LogP contribution is -2.35. The van der Waals surface area contributed by atoms with Gasteiger partial charge in [-0.25, -0.2) is 4.68 Å². The Labute approximate surface area is 178 Å². The Morgan fingerprint density at radius 2 is 1.77 bits per heavy atom. The molecule has 1 atom stereocenters. The standard InChI is InChI=1S/C22H22N4O5/c1-29-17-7-5-4-6-14(17)15-12-23-26-16(11-20(27)25-21(15)26)22(28)24-13-8-9-18(30-2)19(10-13)31-3/h4-10,12,16H,11H2,1-3H3,(H,24,28)(H,25,27)/t16-/m1/s1. The van der Waals surface area contributed by atoms with Gasteiger partial charge in [-0.2, -0.15) is 5.10 Å². The van der Waals surface area contributed by atoms with Gasteiger partial charge in [0.2, 0.25) is 11.8 Å². The lowest BCUT2D eigenvalue weighted by Gasteiger charge is -2.25. The van der Waals surface area contributed by atoms with Crippen LogP contribution in [0.4, 0.5) is 11.5 Å². The van der Waals surface area contributed by atoms with Crippen molar-refractivity contribution in [1.82, 2.24) is 9.78 Å². The van der Waals surface area contributed by atoms with E-state index in [-0.39, 0.29) is 18.2 Å². The smallest absolute Gasteiger partial charge is 0.249 e. The first-order chi connectivity index (χ1) is 15.0. The number of carbonyl (C=O) groups excluding carboxylic acids is 2. The van der Waals surface area contributed by atoms with Gasteiger partial charge in [-0.3, -0.25) is 9.59 Å². The van der Waals surface area contributed by atoms with E-state index in [1.165, 1.54) is 18.9 Å². The molecule has 0 saturated carbocycles. The molecule has 2 aromatic carbocycles. The summed E-state index contributed by atoms with van der Waals surface area (Å²) >= 11 is 0. The summed E-state index contributed by atoms with van der Waals surface area (Å²) in [5.74, 6) is 1.50. The molecule has 3 aromatic rings. The average Bonchev–Trinajstić information content (AvgIpc) is 3.21. The molecule has 0 saturated heterocycles. The zero-order chi connectivity index (χ0) is 22.0. The molecular formula is C22H22N4O5. The van der Waals surface area contributed by atoms with Crippen molar-refractivity contribution in [2.24, 2.45) is 0 Å². The van der Waals surface area contributed by atoms with Crippen LogP contribution in [0.1, 0.15) is 12.5 Å². The summed E-state index contributed by atoms with van der Waals surface area (Å²) in [6, 6.07) is 11.7. The van der Waals surface area contributed by atoms with Gasteiger partial charge >= 0.3 is 0 Å². The summed E-state index contributed by atoms with van der Waals surface area (Å²) in [7, 11) is 4.63. The molecule has 9 nitrogen and oxygen atoms in total. The van der Waals surface area contributed by atoms with Gasteiger partial charge in [0.25, 0.3) is 0 Å². The third-order valence-electron chi connectivity index (χ3n) is 5.08. The van der Waals surface area contributed by atoms with Gasteiger partial charge in [0.15, 0.2) is 11.5 Å². The van der Waals surface area contributed by atoms with Crippen LogP contribution in [0.25, 0.3) is 11.1 Å². The van der Waals surface area contributed by atoms with Crippen molar-refractivity contribution in [3.05, 3.63) is 48.7 Å². The molecule has 0 spiro atoms. The highest BCUT2D eigenvalue weighted by atomic mass is 16.5. The van der Waals surface area contributed by atoms with Crippen molar-refractivity contribution in [2.45, 2.75) is 12.5 Å². The fourth-order valence-corrected chi connectivity index (χ4v) is 3.58. The second-order valence-electron chi connectivity index (χ2n) is 6.88. The first-order valence-corrected chi connectivity index (χ1v) is 9.59. The number of hydrogen-bond donors (Lipinski definition) is 2. The van der Waals surface area contributed by atoms with Gasteiger partial charge in [-0.05, 0) is 18.2 Å². The summed E-state index contributed by atoms with van der Waals surface area (Å²) in [5.41, 5.74) is 1.97. The minimum absolute atomic E-state index is 0.0286. The molecule has 1 aliphatic heterocycles. The molecule has 2 amide bonds. The number of benzene rings is 2. The molecule has 1 aromatic heterocycles. The van der Waals surface area contributed by atoms with E-state index in [0.29, 0.717) is 34.3 Å². The normalized spacial score (nSPS) is 14.9. The second-order valence-corrected chi connectivity index (χ2v) is 6.88. The van der Waals surface area contributed by atoms with Crippen LogP contribution in [-0.4, -0.2) is 42.9 Å². The number of ether oxygens (including phenoxy) is 3. The quantitative estimate of drug-likeness (QED) is 0.633. The number of nitrogens with one attached hydrogen (secondary N) is 2. The third-order valence-corrected chi connectivity index (χ3v) is 5.08. The van der Waals surface area contributed by atoms with Crippen molar-refractivity contribution < 1.29 is 23.8 Å². The summed E-state index contributed by atoms with van der Waals surface area (Å²) in [5, 5.41) is 10.0. The van der Waals surface area contributed by atoms with Crippen LogP contribution >= 0.6 is 0 Å². The summed E-state index contributed by atoms with van der Waals surface area (Å²) in [6.07, 6.45) is 1.59. The van der Waals surface area contributed by atoms with Crippen LogP contribution in [0.15, 0.2) is 48.7 Å². The van der Waals surface area contributed by atoms with Gasteiger partial charge in [-0.15, -0.1) is 0 Å². The fraction of sp³-hybridized carbons (Fsp3) is 0.227. The van der Waals surface area contributed by atoms with E-state index in [1.807, 2.05) is 24.3 Å². The second kappa shape index (κ2) is 8.39. The van der Waals surface area contributed by atoms with Gasteiger partial charge in [0.05, 0.1) is 33.9 Å². The third kappa shape index (κ3) is 3.77. The number of amides is 2. The van der Waals surface area contributed by atoms with Crippen molar-refractivity contribution >= 4 is 23.3 Å². The molecule has 1 aliphatic rings. The number of aromatic nitrogens is 2. The highest BCUT2D eigenvalue weighted by molar-refractivity contribution is 6.03. The molecule has 9 heteroatoms. The Balaban J connectivity index is 1.65. The molecule has 2 heterocycles. The predicted octanol–water partition coefficient (Wildman–Crippen LogP) is 3.10. The number of fused-ring (bicyclic) bond motifs is 1. The lowest BCUT2D eigenvalue weighted by molar-refractivity contribution is -0.125. The summed E-state index contributed by atoms with van der Waals surface area (Å²) in [6.45, 7) is 0. The van der Waals surface area contributed by atoms with E-state index in [2.05, 4.69) is 15.7 Å². The zero-order valence-corrected chi connectivity index (χ0v) is 17.3. The van der Waals surface area contributed by atoms with Crippen molar-refractivity contribution in [2.75, 3.05) is 32.0 Å². The van der Waals surface area contributed by atoms with Crippen LogP contribution in [0.2, 0.25) is 0 Å². The fourth-order valence-electron chi connectivity index (χ4n) is 3.58. The maximum Gasteiger partial charge on any atom is 0.249 e. The molecule has 0 unspecified atom stereocenters. The van der Waals surface area contributed by atoms with Gasteiger partial charge in [0, 0.05) is 22.9 Å². The molecule has 0 aliphatic carbocycles. The Morgan fingerprint density at radius 3 is 2.52 bits per heavy atom. The number of anilines is 2. The number of methoxy groups -OCH3 is 3. The Bertz CT molecular complexity index is 1140. The van der Waals surface area contributed by atoms with Crippen molar-refractivity contribution in [3.8, 4) is 28.4 Å². The molecular weight excluding hydrogens is 400 g/mol. The van der Waals surface area contributed by atoms with E-state index in [4.69, 9.17) is 14.2 Å². The number of nitrogens with zero attached hydrogens (tertiary/aromatic N) is 2. The van der Waals surface area contributed by atoms with E-state index in [1.54, 1.807) is 31.5 Å². The Hall–Kier alpha value is -4.01. The van der Waals surface area contributed by atoms with Crippen LogP contribution in [0.3, 0.4) is 0 Å². The number of carbonyl (C=O) groups is 2. The minimum atomic E-state index is -0.805. The highest BCUT2D eigenvalue weighted by Gasteiger charge is 2.33. The average molecular weight is 422 g/mol. The van der Waals surface area contributed by atoms with Crippen LogP contribution in [0.5, 0.6) is 17.2 Å². The highest BCUT2D eigenvalue weighted by Crippen LogP contribution is 2.38. The number of rotatable bonds is 6. The molecule has 0 bridgehead atoms. The summed E-state index contributed by atoms with van der Waals surface area (Å²) in [4.78, 5) is 25.5. The van der Waals surface area contributed by atoms with E-state index in [9.17, 15) is 9.59 Å². The van der Waals surface area contributed by atoms with Crippen LogP contribution in [-0.2, 0) is 9.59 Å². The zero-order valence-electron chi connectivity index (χ0n) is 17.3. The Morgan fingerprint density at radius 1 is 1.03 bits per heavy atom. The van der Waals surface area contributed by atoms with Gasteiger partial charge in [0.1, 0.15) is 17.6 Å². The van der Waals surface area contributed by atoms with E-state index >= 15 is 0 Å².